The minimum atomic E-state index is -0.488. The average molecular weight is 401 g/mol. The number of fused-ring (bicyclic) bond motifs is 1. The standard InChI is InChI=1S/C19H20FN5O2S/c1-12-4-3-7-24(11-12)19-23-25-15(9-16(26)22-18(25)28-19)17(27)21-10-13-5-2-6-14(20)8-13/h2,5-6,8-9,12H,3-4,7,10-11H2,1H3,(H,21,27). The summed E-state index contributed by atoms with van der Waals surface area (Å²) >= 11 is 1.31. The Hall–Kier alpha value is -2.81. The van der Waals surface area contributed by atoms with Gasteiger partial charge in [0.2, 0.25) is 10.1 Å². The second kappa shape index (κ2) is 7.67. The summed E-state index contributed by atoms with van der Waals surface area (Å²) < 4.78 is 14.7. The van der Waals surface area contributed by atoms with E-state index in [1.165, 1.54) is 40.5 Å². The van der Waals surface area contributed by atoms with Crippen molar-refractivity contribution < 1.29 is 9.18 Å². The van der Waals surface area contributed by atoms with Crippen molar-refractivity contribution in [2.24, 2.45) is 5.92 Å². The molecule has 0 spiro atoms. The molecule has 2 aromatic heterocycles. The molecule has 9 heteroatoms. The first-order chi connectivity index (χ1) is 13.5. The Labute approximate surface area is 164 Å². The van der Waals surface area contributed by atoms with E-state index in [0.717, 1.165) is 24.6 Å². The van der Waals surface area contributed by atoms with Crippen molar-refractivity contribution in [2.45, 2.75) is 26.3 Å². The second-order valence-corrected chi connectivity index (χ2v) is 8.00. The van der Waals surface area contributed by atoms with Gasteiger partial charge in [0, 0.05) is 25.7 Å². The highest BCUT2D eigenvalue weighted by atomic mass is 32.1. The quantitative estimate of drug-likeness (QED) is 0.727. The van der Waals surface area contributed by atoms with Crippen LogP contribution < -0.4 is 15.8 Å². The Bertz CT molecular complexity index is 1080. The third kappa shape index (κ3) is 3.89. The van der Waals surface area contributed by atoms with Crippen LogP contribution in [-0.2, 0) is 6.54 Å². The molecule has 1 atom stereocenters. The monoisotopic (exact) mass is 401 g/mol. The van der Waals surface area contributed by atoms with Crippen molar-refractivity contribution in [3.63, 3.8) is 0 Å². The number of hydrogen-bond acceptors (Lipinski definition) is 6. The molecule has 1 N–H and O–H groups in total. The van der Waals surface area contributed by atoms with Crippen molar-refractivity contribution in [1.29, 1.82) is 0 Å². The maximum atomic E-state index is 13.3. The molecule has 1 amide bonds. The first-order valence-corrected chi connectivity index (χ1v) is 10.00. The molecular formula is C19H20FN5O2S. The van der Waals surface area contributed by atoms with Gasteiger partial charge in [-0.3, -0.25) is 9.59 Å². The number of aromatic nitrogens is 3. The Morgan fingerprint density at radius 3 is 3.04 bits per heavy atom. The number of anilines is 1. The molecule has 146 valence electrons. The van der Waals surface area contributed by atoms with Gasteiger partial charge in [-0.05, 0) is 36.5 Å². The highest BCUT2D eigenvalue weighted by Crippen LogP contribution is 2.27. The summed E-state index contributed by atoms with van der Waals surface area (Å²) in [7, 11) is 0. The van der Waals surface area contributed by atoms with Crippen molar-refractivity contribution in [3.05, 3.63) is 57.8 Å². The molecule has 1 aliphatic heterocycles. The van der Waals surface area contributed by atoms with Gasteiger partial charge in [0.25, 0.3) is 11.5 Å². The summed E-state index contributed by atoms with van der Waals surface area (Å²) in [6.45, 7) is 4.14. The van der Waals surface area contributed by atoms with Crippen LogP contribution in [0.15, 0.2) is 35.1 Å². The van der Waals surface area contributed by atoms with E-state index in [1.807, 2.05) is 0 Å². The van der Waals surface area contributed by atoms with Gasteiger partial charge in [-0.25, -0.2) is 4.39 Å². The molecule has 1 aromatic carbocycles. The number of carbonyl (C=O) groups is 1. The first-order valence-electron chi connectivity index (χ1n) is 9.18. The molecule has 28 heavy (non-hydrogen) atoms. The van der Waals surface area contributed by atoms with Gasteiger partial charge in [0.15, 0.2) is 0 Å². The molecule has 0 aliphatic carbocycles. The van der Waals surface area contributed by atoms with Gasteiger partial charge in [-0.1, -0.05) is 30.4 Å². The third-order valence-corrected chi connectivity index (χ3v) is 5.72. The lowest BCUT2D eigenvalue weighted by atomic mass is 10.0. The zero-order valence-corrected chi connectivity index (χ0v) is 16.2. The van der Waals surface area contributed by atoms with Crippen LogP contribution in [0.4, 0.5) is 9.52 Å². The van der Waals surface area contributed by atoms with Gasteiger partial charge >= 0.3 is 0 Å². The summed E-state index contributed by atoms with van der Waals surface area (Å²) in [5.41, 5.74) is 0.268. The number of hydrogen-bond donors (Lipinski definition) is 1. The normalized spacial score (nSPS) is 17.1. The van der Waals surface area contributed by atoms with Crippen LogP contribution in [0.3, 0.4) is 0 Å². The van der Waals surface area contributed by atoms with Crippen LogP contribution in [0.2, 0.25) is 0 Å². The summed E-state index contributed by atoms with van der Waals surface area (Å²) in [5.74, 6) is -0.250. The van der Waals surface area contributed by atoms with E-state index < -0.39 is 11.5 Å². The molecule has 1 aliphatic rings. The lowest BCUT2D eigenvalue weighted by Gasteiger charge is -2.30. The molecular weight excluding hydrogens is 381 g/mol. The van der Waals surface area contributed by atoms with E-state index in [2.05, 4.69) is 27.2 Å². The van der Waals surface area contributed by atoms with E-state index >= 15 is 0 Å². The fraction of sp³-hybridized carbons (Fsp3) is 0.368. The minimum Gasteiger partial charge on any atom is -0.347 e. The molecule has 3 heterocycles. The zero-order valence-electron chi connectivity index (χ0n) is 15.4. The van der Waals surface area contributed by atoms with Crippen LogP contribution in [0.1, 0.15) is 35.8 Å². The van der Waals surface area contributed by atoms with Crippen molar-refractivity contribution >= 4 is 27.3 Å². The predicted octanol–water partition coefficient (Wildman–Crippen LogP) is 2.46. The molecule has 3 aromatic rings. The predicted molar refractivity (Wildman–Crippen MR) is 105 cm³/mol. The highest BCUT2D eigenvalue weighted by molar-refractivity contribution is 7.20. The van der Waals surface area contributed by atoms with Crippen LogP contribution in [0.5, 0.6) is 0 Å². The van der Waals surface area contributed by atoms with Gasteiger partial charge in [0.05, 0.1) is 0 Å². The maximum Gasteiger partial charge on any atom is 0.274 e. The number of nitrogens with one attached hydrogen (secondary N) is 1. The molecule has 4 rings (SSSR count). The maximum absolute atomic E-state index is 13.3. The van der Waals surface area contributed by atoms with Crippen LogP contribution in [0, 0.1) is 11.7 Å². The largest absolute Gasteiger partial charge is 0.347 e. The Balaban J connectivity index is 1.60. The number of nitrogens with zero attached hydrogens (tertiary/aromatic N) is 4. The van der Waals surface area contributed by atoms with Crippen molar-refractivity contribution in [2.75, 3.05) is 18.0 Å². The van der Waals surface area contributed by atoms with Crippen LogP contribution in [0.25, 0.3) is 4.96 Å². The number of amides is 1. The third-order valence-electron chi connectivity index (χ3n) is 4.75. The summed E-state index contributed by atoms with van der Waals surface area (Å²) in [6, 6.07) is 7.17. The topological polar surface area (TPSA) is 79.6 Å². The number of halogens is 1. The number of rotatable bonds is 4. The number of carbonyl (C=O) groups excluding carboxylic acids is 1. The van der Waals surface area contributed by atoms with E-state index in [1.54, 1.807) is 12.1 Å². The van der Waals surface area contributed by atoms with Gasteiger partial charge in [-0.2, -0.15) is 9.50 Å². The number of benzene rings is 1. The molecule has 1 fully saturated rings. The lowest BCUT2D eigenvalue weighted by Crippen LogP contribution is -2.34. The SMILES string of the molecule is CC1CCCN(c2nn3c(C(=O)NCc4cccc(F)c4)cc(=O)nc3s2)C1. The summed E-state index contributed by atoms with van der Waals surface area (Å²) in [5, 5.41) is 8.01. The fourth-order valence-corrected chi connectivity index (χ4v) is 4.32. The highest BCUT2D eigenvalue weighted by Gasteiger charge is 2.22. The second-order valence-electron chi connectivity index (χ2n) is 7.06. The first kappa shape index (κ1) is 18.5. The number of piperidine rings is 1. The van der Waals surface area contributed by atoms with Crippen LogP contribution in [-0.4, -0.2) is 33.6 Å². The van der Waals surface area contributed by atoms with Crippen molar-refractivity contribution in [3.8, 4) is 0 Å². The molecule has 7 nitrogen and oxygen atoms in total. The Kier molecular flexibility index (Phi) is 5.08. The molecule has 0 saturated carbocycles. The van der Waals surface area contributed by atoms with E-state index in [-0.39, 0.29) is 18.1 Å². The smallest absolute Gasteiger partial charge is 0.274 e. The van der Waals surface area contributed by atoms with Gasteiger partial charge in [-0.15, -0.1) is 5.10 Å². The Morgan fingerprint density at radius 2 is 2.25 bits per heavy atom. The molecule has 1 saturated heterocycles. The molecule has 0 bridgehead atoms. The van der Waals surface area contributed by atoms with Crippen LogP contribution >= 0.6 is 11.3 Å². The Morgan fingerprint density at radius 1 is 1.39 bits per heavy atom. The van der Waals surface area contributed by atoms with Crippen molar-refractivity contribution in [1.82, 2.24) is 19.9 Å². The average Bonchev–Trinajstić information content (AvgIpc) is 3.09. The van der Waals surface area contributed by atoms with E-state index in [4.69, 9.17) is 0 Å². The molecule has 1 unspecified atom stereocenters. The fourth-order valence-electron chi connectivity index (χ4n) is 3.38. The minimum absolute atomic E-state index is 0.124. The van der Waals surface area contributed by atoms with E-state index in [0.29, 0.717) is 16.4 Å². The zero-order chi connectivity index (χ0) is 19.7. The summed E-state index contributed by atoms with van der Waals surface area (Å²) in [6.07, 6.45) is 2.27. The lowest BCUT2D eigenvalue weighted by molar-refractivity contribution is 0.0943. The summed E-state index contributed by atoms with van der Waals surface area (Å²) in [4.78, 5) is 31.2. The molecule has 0 radical (unpaired) electrons. The van der Waals surface area contributed by atoms with E-state index in [9.17, 15) is 14.0 Å². The van der Waals surface area contributed by atoms with Gasteiger partial charge < -0.3 is 10.2 Å². The van der Waals surface area contributed by atoms with Gasteiger partial charge in [0.1, 0.15) is 11.5 Å².